The lowest BCUT2D eigenvalue weighted by Gasteiger charge is -2.20. The van der Waals surface area contributed by atoms with E-state index < -0.39 is 0 Å². The lowest BCUT2D eigenvalue weighted by Crippen LogP contribution is -2.43. The van der Waals surface area contributed by atoms with Crippen molar-refractivity contribution in [2.75, 3.05) is 5.32 Å². The van der Waals surface area contributed by atoms with Crippen LogP contribution in [0.3, 0.4) is 0 Å². The van der Waals surface area contributed by atoms with Gasteiger partial charge in [0.15, 0.2) is 5.13 Å². The topological polar surface area (TPSA) is 54.0 Å². The SMILES string of the molecule is Cc1ccc(-c2csc(NC(=O)NC(C)(C)C)n2)c(C)c1. The van der Waals surface area contributed by atoms with Gasteiger partial charge in [-0.05, 0) is 40.2 Å². The summed E-state index contributed by atoms with van der Waals surface area (Å²) >= 11 is 1.43. The van der Waals surface area contributed by atoms with Gasteiger partial charge < -0.3 is 5.32 Å². The molecule has 0 aliphatic heterocycles. The molecular weight excluding hydrogens is 282 g/mol. The molecule has 1 heterocycles. The van der Waals surface area contributed by atoms with E-state index in [1.165, 1.54) is 22.5 Å². The van der Waals surface area contributed by atoms with E-state index >= 15 is 0 Å². The molecule has 1 aromatic heterocycles. The minimum absolute atomic E-state index is 0.232. The zero-order valence-electron chi connectivity index (χ0n) is 13.1. The van der Waals surface area contributed by atoms with Gasteiger partial charge in [0.25, 0.3) is 0 Å². The highest BCUT2D eigenvalue weighted by molar-refractivity contribution is 7.14. The van der Waals surface area contributed by atoms with Gasteiger partial charge in [0.1, 0.15) is 0 Å². The summed E-state index contributed by atoms with van der Waals surface area (Å²) < 4.78 is 0. The Bertz CT molecular complexity index is 656. The van der Waals surface area contributed by atoms with Crippen LogP contribution in [0, 0.1) is 13.8 Å². The first kappa shape index (κ1) is 15.5. The normalized spacial score (nSPS) is 11.3. The number of urea groups is 1. The molecular formula is C16H21N3OS. The average molecular weight is 303 g/mol. The van der Waals surface area contributed by atoms with Gasteiger partial charge in [-0.3, -0.25) is 5.32 Å². The van der Waals surface area contributed by atoms with Crippen LogP contribution in [0.1, 0.15) is 31.9 Å². The molecule has 0 saturated heterocycles. The number of nitrogens with zero attached hydrogens (tertiary/aromatic N) is 1. The predicted octanol–water partition coefficient (Wildman–Crippen LogP) is 4.35. The third kappa shape index (κ3) is 4.29. The quantitative estimate of drug-likeness (QED) is 0.866. The summed E-state index contributed by atoms with van der Waals surface area (Å²) in [7, 11) is 0. The molecule has 0 unspecified atom stereocenters. The zero-order valence-corrected chi connectivity index (χ0v) is 13.9. The van der Waals surface area contributed by atoms with Gasteiger partial charge in [0, 0.05) is 16.5 Å². The average Bonchev–Trinajstić information content (AvgIpc) is 2.74. The van der Waals surface area contributed by atoms with Crippen LogP contribution in [0.5, 0.6) is 0 Å². The molecule has 0 fully saturated rings. The highest BCUT2D eigenvalue weighted by Crippen LogP contribution is 2.27. The van der Waals surface area contributed by atoms with Crippen molar-refractivity contribution in [1.29, 1.82) is 0 Å². The fraction of sp³-hybridized carbons (Fsp3) is 0.375. The molecule has 21 heavy (non-hydrogen) atoms. The first-order valence-electron chi connectivity index (χ1n) is 6.87. The lowest BCUT2D eigenvalue weighted by molar-refractivity contribution is 0.244. The second-order valence-electron chi connectivity index (χ2n) is 6.19. The van der Waals surface area contributed by atoms with Crippen molar-refractivity contribution in [2.24, 2.45) is 0 Å². The van der Waals surface area contributed by atoms with E-state index in [4.69, 9.17) is 0 Å². The van der Waals surface area contributed by atoms with E-state index in [0.29, 0.717) is 5.13 Å². The van der Waals surface area contributed by atoms with Crippen LogP contribution in [0.15, 0.2) is 23.6 Å². The molecule has 0 spiro atoms. The maximum absolute atomic E-state index is 11.8. The largest absolute Gasteiger partial charge is 0.333 e. The fourth-order valence-electron chi connectivity index (χ4n) is 2.02. The number of nitrogens with one attached hydrogen (secondary N) is 2. The first-order valence-corrected chi connectivity index (χ1v) is 7.75. The minimum atomic E-state index is -0.266. The van der Waals surface area contributed by atoms with Crippen molar-refractivity contribution < 1.29 is 4.79 Å². The zero-order chi connectivity index (χ0) is 15.6. The molecule has 0 atom stereocenters. The Morgan fingerprint density at radius 1 is 1.24 bits per heavy atom. The predicted molar refractivity (Wildman–Crippen MR) is 88.9 cm³/mol. The number of carbonyl (C=O) groups excluding carboxylic acids is 1. The van der Waals surface area contributed by atoms with E-state index in [1.54, 1.807) is 0 Å². The van der Waals surface area contributed by atoms with Crippen LogP contribution in [0.4, 0.5) is 9.93 Å². The molecule has 1 aromatic carbocycles. The number of aryl methyl sites for hydroxylation is 2. The smallest absolute Gasteiger partial charge is 0.321 e. The molecule has 0 radical (unpaired) electrons. The summed E-state index contributed by atoms with van der Waals surface area (Å²) in [5, 5.41) is 8.20. The van der Waals surface area contributed by atoms with Gasteiger partial charge in [0.2, 0.25) is 0 Å². The van der Waals surface area contributed by atoms with E-state index in [9.17, 15) is 4.79 Å². The van der Waals surface area contributed by atoms with Crippen LogP contribution in [-0.4, -0.2) is 16.6 Å². The summed E-state index contributed by atoms with van der Waals surface area (Å²) in [6, 6.07) is 6.04. The van der Waals surface area contributed by atoms with Crippen molar-refractivity contribution in [1.82, 2.24) is 10.3 Å². The molecule has 0 aliphatic carbocycles. The van der Waals surface area contributed by atoms with Crippen molar-refractivity contribution in [3.05, 3.63) is 34.7 Å². The fourth-order valence-corrected chi connectivity index (χ4v) is 2.73. The molecule has 0 aliphatic rings. The number of aromatic nitrogens is 1. The van der Waals surface area contributed by atoms with E-state index in [1.807, 2.05) is 26.2 Å². The van der Waals surface area contributed by atoms with E-state index in [0.717, 1.165) is 11.3 Å². The van der Waals surface area contributed by atoms with Crippen LogP contribution in [0.2, 0.25) is 0 Å². The highest BCUT2D eigenvalue weighted by Gasteiger charge is 2.15. The number of benzene rings is 1. The van der Waals surface area contributed by atoms with Crippen molar-refractivity contribution in [3.63, 3.8) is 0 Å². The number of rotatable bonds is 2. The van der Waals surface area contributed by atoms with Crippen molar-refractivity contribution >= 4 is 22.5 Å². The minimum Gasteiger partial charge on any atom is -0.333 e. The second-order valence-corrected chi connectivity index (χ2v) is 7.04. The van der Waals surface area contributed by atoms with Gasteiger partial charge in [0.05, 0.1) is 5.69 Å². The molecule has 2 amide bonds. The number of hydrogen-bond donors (Lipinski definition) is 2. The number of amides is 2. The molecule has 2 N–H and O–H groups in total. The summed E-state index contributed by atoms with van der Waals surface area (Å²) in [4.78, 5) is 16.3. The number of thiazole rings is 1. The molecule has 0 saturated carbocycles. The van der Waals surface area contributed by atoms with Gasteiger partial charge >= 0.3 is 6.03 Å². The second kappa shape index (κ2) is 5.85. The Balaban J connectivity index is 2.13. The monoisotopic (exact) mass is 303 g/mol. The van der Waals surface area contributed by atoms with Crippen LogP contribution in [0.25, 0.3) is 11.3 Å². The standard InChI is InChI=1S/C16H21N3OS/c1-10-6-7-12(11(2)8-10)13-9-21-15(17-13)18-14(20)19-16(3,4)5/h6-9H,1-5H3,(H2,17,18,19,20). The van der Waals surface area contributed by atoms with Gasteiger partial charge in [-0.2, -0.15) is 0 Å². The van der Waals surface area contributed by atoms with E-state index in [2.05, 4.69) is 47.7 Å². The van der Waals surface area contributed by atoms with Gasteiger partial charge in [-0.1, -0.05) is 23.8 Å². The highest BCUT2D eigenvalue weighted by atomic mass is 32.1. The molecule has 112 valence electrons. The Kier molecular flexibility index (Phi) is 4.32. The molecule has 5 heteroatoms. The number of anilines is 1. The third-order valence-electron chi connectivity index (χ3n) is 2.87. The Morgan fingerprint density at radius 2 is 1.95 bits per heavy atom. The number of carbonyl (C=O) groups is 1. The lowest BCUT2D eigenvalue weighted by atomic mass is 10.0. The van der Waals surface area contributed by atoms with Crippen molar-refractivity contribution in [2.45, 2.75) is 40.2 Å². The maximum Gasteiger partial charge on any atom is 0.321 e. The van der Waals surface area contributed by atoms with Gasteiger partial charge in [-0.25, -0.2) is 9.78 Å². The molecule has 2 aromatic rings. The van der Waals surface area contributed by atoms with Crippen molar-refractivity contribution in [3.8, 4) is 11.3 Å². The number of hydrogen-bond acceptors (Lipinski definition) is 3. The molecule has 0 bridgehead atoms. The Labute approximate surface area is 129 Å². The van der Waals surface area contributed by atoms with Crippen LogP contribution in [-0.2, 0) is 0 Å². The van der Waals surface area contributed by atoms with Crippen LogP contribution >= 0.6 is 11.3 Å². The summed E-state index contributed by atoms with van der Waals surface area (Å²) in [5.74, 6) is 0. The van der Waals surface area contributed by atoms with E-state index in [-0.39, 0.29) is 11.6 Å². The first-order chi connectivity index (χ1) is 9.74. The summed E-state index contributed by atoms with van der Waals surface area (Å²) in [6.45, 7) is 9.96. The molecule has 4 nitrogen and oxygen atoms in total. The summed E-state index contributed by atoms with van der Waals surface area (Å²) in [6.07, 6.45) is 0. The maximum atomic E-state index is 11.8. The summed E-state index contributed by atoms with van der Waals surface area (Å²) in [5.41, 5.74) is 4.14. The molecule has 2 rings (SSSR count). The van der Waals surface area contributed by atoms with Gasteiger partial charge in [-0.15, -0.1) is 11.3 Å². The Hall–Kier alpha value is -1.88. The van der Waals surface area contributed by atoms with Crippen LogP contribution < -0.4 is 10.6 Å². The third-order valence-corrected chi connectivity index (χ3v) is 3.63. The Morgan fingerprint density at radius 3 is 2.57 bits per heavy atom.